The third kappa shape index (κ3) is 4.97. The van der Waals surface area contributed by atoms with Crippen LogP contribution >= 0.6 is 12.4 Å². The summed E-state index contributed by atoms with van der Waals surface area (Å²) in [6.07, 6.45) is -1.82. The van der Waals surface area contributed by atoms with Crippen LogP contribution in [0.3, 0.4) is 0 Å². The molecule has 0 saturated carbocycles. The average molecular weight is 286 g/mol. The highest BCUT2D eigenvalue weighted by molar-refractivity contribution is 7.90. The van der Waals surface area contributed by atoms with E-state index in [0.717, 1.165) is 6.26 Å². The Balaban J connectivity index is 0.00000256. The second-order valence-electron chi connectivity index (χ2n) is 3.57. The Hall–Kier alpha value is -0.720. The van der Waals surface area contributed by atoms with Gasteiger partial charge in [-0.2, -0.15) is 0 Å². The minimum absolute atomic E-state index is 0. The summed E-state index contributed by atoms with van der Waals surface area (Å²) in [5.41, 5.74) is 6.03. The van der Waals surface area contributed by atoms with Gasteiger partial charge in [0.15, 0.2) is 9.84 Å². The first-order valence-corrected chi connectivity index (χ1v) is 6.53. The molecule has 0 aliphatic heterocycles. The van der Waals surface area contributed by atoms with E-state index in [0.29, 0.717) is 5.56 Å². The first-order valence-electron chi connectivity index (χ1n) is 4.64. The van der Waals surface area contributed by atoms with Crippen molar-refractivity contribution in [3.05, 3.63) is 29.8 Å². The summed E-state index contributed by atoms with van der Waals surface area (Å²) in [6, 6.07) is 4.90. The maximum atomic E-state index is 12.1. The summed E-state index contributed by atoms with van der Waals surface area (Å²) in [5.74, 6) is 0. The highest BCUT2D eigenvalue weighted by atomic mass is 35.5. The minimum Gasteiger partial charge on any atom is -0.324 e. The van der Waals surface area contributed by atoms with Gasteiger partial charge in [-0.15, -0.1) is 12.4 Å². The molecule has 0 unspecified atom stereocenters. The van der Waals surface area contributed by atoms with E-state index in [1.165, 1.54) is 24.3 Å². The van der Waals surface area contributed by atoms with Gasteiger partial charge < -0.3 is 5.73 Å². The van der Waals surface area contributed by atoms with E-state index >= 15 is 0 Å². The topological polar surface area (TPSA) is 60.2 Å². The molecule has 0 amide bonds. The third-order valence-electron chi connectivity index (χ3n) is 2.17. The van der Waals surface area contributed by atoms with Crippen LogP contribution in [0.25, 0.3) is 0 Å². The Morgan fingerprint density at radius 1 is 1.24 bits per heavy atom. The lowest BCUT2D eigenvalue weighted by Gasteiger charge is -2.11. The lowest BCUT2D eigenvalue weighted by atomic mass is 10.1. The molecule has 0 aliphatic rings. The molecule has 7 heteroatoms. The molecule has 0 saturated heterocycles. The lowest BCUT2D eigenvalue weighted by Crippen LogP contribution is -2.14. The van der Waals surface area contributed by atoms with Crippen molar-refractivity contribution in [3.63, 3.8) is 0 Å². The maximum absolute atomic E-state index is 12.1. The molecule has 1 atom stereocenters. The summed E-state index contributed by atoms with van der Waals surface area (Å²) < 4.78 is 46.4. The number of rotatable bonds is 4. The van der Waals surface area contributed by atoms with E-state index < -0.39 is 28.7 Å². The zero-order valence-corrected chi connectivity index (χ0v) is 10.8. The Morgan fingerprint density at radius 3 is 2.06 bits per heavy atom. The third-order valence-corrected chi connectivity index (χ3v) is 3.30. The van der Waals surface area contributed by atoms with Crippen LogP contribution in [0.15, 0.2) is 29.2 Å². The number of benzene rings is 1. The van der Waals surface area contributed by atoms with Crippen LogP contribution in [0.4, 0.5) is 8.78 Å². The number of hydrogen-bond acceptors (Lipinski definition) is 3. The van der Waals surface area contributed by atoms with Crippen LogP contribution < -0.4 is 5.73 Å². The summed E-state index contributed by atoms with van der Waals surface area (Å²) in [7, 11) is -3.26. The zero-order chi connectivity index (χ0) is 12.3. The van der Waals surface area contributed by atoms with Gasteiger partial charge in [-0.3, -0.25) is 0 Å². The first-order chi connectivity index (χ1) is 7.30. The maximum Gasteiger partial charge on any atom is 0.240 e. The average Bonchev–Trinajstić information content (AvgIpc) is 2.15. The molecule has 0 spiro atoms. The van der Waals surface area contributed by atoms with Crippen molar-refractivity contribution in [2.45, 2.75) is 23.8 Å². The summed E-state index contributed by atoms with van der Waals surface area (Å²) in [6.45, 7) is 0. The molecule has 0 heterocycles. The van der Waals surface area contributed by atoms with Crippen molar-refractivity contribution >= 4 is 22.2 Å². The highest BCUT2D eigenvalue weighted by Crippen LogP contribution is 2.19. The van der Waals surface area contributed by atoms with Gasteiger partial charge in [-0.1, -0.05) is 12.1 Å². The predicted octanol–water partition coefficient (Wildman–Crippen LogP) is 2.17. The Labute approximate surface area is 105 Å². The van der Waals surface area contributed by atoms with Gasteiger partial charge in [0.1, 0.15) is 0 Å². The van der Waals surface area contributed by atoms with E-state index in [-0.39, 0.29) is 17.3 Å². The van der Waals surface area contributed by atoms with Gasteiger partial charge in [0.2, 0.25) is 6.43 Å². The van der Waals surface area contributed by atoms with Gasteiger partial charge in [-0.25, -0.2) is 17.2 Å². The van der Waals surface area contributed by atoms with E-state index in [2.05, 4.69) is 0 Å². The van der Waals surface area contributed by atoms with Crippen molar-refractivity contribution < 1.29 is 17.2 Å². The van der Waals surface area contributed by atoms with E-state index in [1.807, 2.05) is 0 Å². The standard InChI is InChI=1S/C10H13F2NO2S.ClH/c1-16(14,15)8-4-2-7(3-5-8)9(13)6-10(11)12;/h2-5,9-10H,6,13H2,1H3;1H/t9-;/m0./s1. The molecule has 17 heavy (non-hydrogen) atoms. The molecule has 2 N–H and O–H groups in total. The fraction of sp³-hybridized carbons (Fsp3) is 0.400. The monoisotopic (exact) mass is 285 g/mol. The second-order valence-corrected chi connectivity index (χ2v) is 5.59. The van der Waals surface area contributed by atoms with Crippen molar-refractivity contribution in [2.75, 3.05) is 6.26 Å². The van der Waals surface area contributed by atoms with Crippen LogP contribution in [0.5, 0.6) is 0 Å². The molecule has 1 aromatic carbocycles. The van der Waals surface area contributed by atoms with Crippen molar-refractivity contribution in [3.8, 4) is 0 Å². The van der Waals surface area contributed by atoms with Crippen molar-refractivity contribution in [1.29, 1.82) is 0 Å². The minimum atomic E-state index is -3.26. The van der Waals surface area contributed by atoms with Crippen LogP contribution in [0, 0.1) is 0 Å². The van der Waals surface area contributed by atoms with Gasteiger partial charge >= 0.3 is 0 Å². The molecule has 1 rings (SSSR count). The van der Waals surface area contributed by atoms with Crippen LogP contribution in [-0.2, 0) is 9.84 Å². The number of hydrogen-bond donors (Lipinski definition) is 1. The zero-order valence-electron chi connectivity index (χ0n) is 9.14. The number of alkyl halides is 2. The molecule has 0 fully saturated rings. The fourth-order valence-corrected chi connectivity index (χ4v) is 1.92. The molecule has 0 bridgehead atoms. The lowest BCUT2D eigenvalue weighted by molar-refractivity contribution is 0.128. The number of halogens is 3. The normalized spacial score (nSPS) is 13.2. The Morgan fingerprint density at radius 2 is 1.71 bits per heavy atom. The van der Waals surface area contributed by atoms with Gasteiger partial charge in [0, 0.05) is 18.7 Å². The number of sulfone groups is 1. The Bertz CT molecular complexity index is 448. The van der Waals surface area contributed by atoms with Crippen LogP contribution in [-0.4, -0.2) is 21.1 Å². The molecular weight excluding hydrogens is 272 g/mol. The largest absolute Gasteiger partial charge is 0.324 e. The number of nitrogens with two attached hydrogens (primary N) is 1. The van der Waals surface area contributed by atoms with Gasteiger partial charge in [0.25, 0.3) is 0 Å². The van der Waals surface area contributed by atoms with E-state index in [9.17, 15) is 17.2 Å². The molecular formula is C10H14ClF2NO2S. The molecule has 98 valence electrons. The molecule has 3 nitrogen and oxygen atoms in total. The summed E-state index contributed by atoms with van der Waals surface area (Å²) >= 11 is 0. The molecule has 1 aromatic rings. The van der Waals surface area contributed by atoms with E-state index in [1.54, 1.807) is 0 Å². The molecule has 0 aliphatic carbocycles. The smallest absolute Gasteiger partial charge is 0.240 e. The van der Waals surface area contributed by atoms with Crippen molar-refractivity contribution in [2.24, 2.45) is 5.73 Å². The van der Waals surface area contributed by atoms with Crippen LogP contribution in [0.1, 0.15) is 18.0 Å². The summed E-state index contributed by atoms with van der Waals surface area (Å²) in [5, 5.41) is 0. The van der Waals surface area contributed by atoms with E-state index in [4.69, 9.17) is 5.73 Å². The predicted molar refractivity (Wildman–Crippen MR) is 64.3 cm³/mol. The summed E-state index contributed by atoms with van der Waals surface area (Å²) in [4.78, 5) is 0.153. The molecule has 0 radical (unpaired) electrons. The first kappa shape index (κ1) is 16.3. The second kappa shape index (κ2) is 6.28. The van der Waals surface area contributed by atoms with Gasteiger partial charge in [-0.05, 0) is 17.7 Å². The SMILES string of the molecule is CS(=O)(=O)c1ccc([C@@H](N)CC(F)F)cc1.Cl. The Kier molecular flexibility index (Phi) is 6.01. The fourth-order valence-electron chi connectivity index (χ4n) is 1.29. The van der Waals surface area contributed by atoms with Crippen LogP contribution in [0.2, 0.25) is 0 Å². The van der Waals surface area contributed by atoms with Gasteiger partial charge in [0.05, 0.1) is 4.90 Å². The quantitative estimate of drug-likeness (QED) is 0.922. The highest BCUT2D eigenvalue weighted by Gasteiger charge is 2.14. The molecule has 0 aromatic heterocycles. The van der Waals surface area contributed by atoms with Crippen molar-refractivity contribution in [1.82, 2.24) is 0 Å².